The number of carboxylic acids is 1. The summed E-state index contributed by atoms with van der Waals surface area (Å²) >= 11 is 0. The topological polar surface area (TPSA) is 66.3 Å². The molecule has 0 radical (unpaired) electrons. The van der Waals surface area contributed by atoms with Gasteiger partial charge in [-0.3, -0.25) is 4.79 Å². The second kappa shape index (κ2) is 7.85. The molecule has 1 aromatic heterocycles. The van der Waals surface area contributed by atoms with Crippen molar-refractivity contribution in [3.05, 3.63) is 53.5 Å². The Hall–Kier alpha value is -2.43. The summed E-state index contributed by atoms with van der Waals surface area (Å²) in [6.07, 6.45) is 5.92. The first-order valence-electron chi connectivity index (χ1n) is 9.39. The van der Waals surface area contributed by atoms with Crippen molar-refractivity contribution in [1.29, 1.82) is 0 Å². The number of anilines is 1. The van der Waals surface area contributed by atoms with Gasteiger partial charge in [0, 0.05) is 24.8 Å². The lowest BCUT2D eigenvalue weighted by Gasteiger charge is -2.41. The molecule has 1 unspecified atom stereocenters. The van der Waals surface area contributed by atoms with Crippen molar-refractivity contribution in [1.82, 2.24) is 9.97 Å². The van der Waals surface area contributed by atoms with Gasteiger partial charge in [0.1, 0.15) is 11.6 Å². The van der Waals surface area contributed by atoms with E-state index in [-0.39, 0.29) is 0 Å². The molecule has 0 saturated carbocycles. The van der Waals surface area contributed by atoms with Crippen LogP contribution in [0.2, 0.25) is 0 Å². The molecule has 5 heteroatoms. The monoisotopic (exact) mass is 353 g/mol. The Morgan fingerprint density at radius 3 is 2.77 bits per heavy atom. The Morgan fingerprint density at radius 2 is 2.08 bits per heavy atom. The zero-order valence-corrected chi connectivity index (χ0v) is 15.6. The van der Waals surface area contributed by atoms with Gasteiger partial charge < -0.3 is 10.0 Å². The molecule has 3 rings (SSSR count). The molecule has 138 valence electrons. The molecule has 1 aliphatic rings. The lowest BCUT2D eigenvalue weighted by molar-refractivity contribution is -0.149. The van der Waals surface area contributed by atoms with Crippen LogP contribution in [0, 0.1) is 12.3 Å². The van der Waals surface area contributed by atoms with Gasteiger partial charge in [-0.25, -0.2) is 9.97 Å². The van der Waals surface area contributed by atoms with Crippen LogP contribution in [-0.4, -0.2) is 34.1 Å². The first kappa shape index (κ1) is 18.4. The number of piperidine rings is 1. The Balaban J connectivity index is 1.91. The van der Waals surface area contributed by atoms with Crippen LogP contribution < -0.4 is 4.90 Å². The highest BCUT2D eigenvalue weighted by atomic mass is 16.4. The molecule has 0 bridgehead atoms. The zero-order valence-electron chi connectivity index (χ0n) is 15.6. The van der Waals surface area contributed by atoms with Crippen LogP contribution in [-0.2, 0) is 17.6 Å². The number of rotatable bonds is 6. The van der Waals surface area contributed by atoms with Gasteiger partial charge in [-0.2, -0.15) is 0 Å². The van der Waals surface area contributed by atoms with E-state index in [1.807, 2.05) is 43.5 Å². The molecule has 1 N–H and O–H groups in total. The largest absolute Gasteiger partial charge is 0.481 e. The smallest absolute Gasteiger partial charge is 0.311 e. The summed E-state index contributed by atoms with van der Waals surface area (Å²) < 4.78 is 0. The van der Waals surface area contributed by atoms with E-state index in [4.69, 9.17) is 0 Å². The van der Waals surface area contributed by atoms with Gasteiger partial charge in [0.25, 0.3) is 0 Å². The molecular weight excluding hydrogens is 326 g/mol. The van der Waals surface area contributed by atoms with Crippen molar-refractivity contribution in [2.45, 2.75) is 46.0 Å². The van der Waals surface area contributed by atoms with Crippen molar-refractivity contribution < 1.29 is 9.90 Å². The number of benzene rings is 1. The summed E-state index contributed by atoms with van der Waals surface area (Å²) in [6.45, 7) is 5.36. The second-order valence-electron chi connectivity index (χ2n) is 7.29. The fourth-order valence-electron chi connectivity index (χ4n) is 3.90. The Bertz CT molecular complexity index is 763. The summed E-state index contributed by atoms with van der Waals surface area (Å²) in [7, 11) is 0. The minimum absolute atomic E-state index is 0.490. The number of hydrogen-bond acceptors (Lipinski definition) is 4. The Kier molecular flexibility index (Phi) is 5.55. The van der Waals surface area contributed by atoms with E-state index < -0.39 is 11.4 Å². The summed E-state index contributed by atoms with van der Waals surface area (Å²) in [4.78, 5) is 23.5. The van der Waals surface area contributed by atoms with Crippen molar-refractivity contribution in [3.8, 4) is 0 Å². The maximum atomic E-state index is 12.3. The molecule has 1 aromatic carbocycles. The molecule has 1 aliphatic heterocycles. The van der Waals surface area contributed by atoms with E-state index in [2.05, 4.69) is 21.8 Å². The third kappa shape index (κ3) is 3.87. The van der Waals surface area contributed by atoms with Gasteiger partial charge in [-0.1, -0.05) is 43.7 Å². The van der Waals surface area contributed by atoms with Gasteiger partial charge in [-0.15, -0.1) is 0 Å². The van der Waals surface area contributed by atoms with E-state index >= 15 is 0 Å². The first-order valence-corrected chi connectivity index (χ1v) is 9.39. The fourth-order valence-corrected chi connectivity index (χ4v) is 3.90. The number of nitrogens with zero attached hydrogens (tertiary/aromatic N) is 3. The number of carbonyl (C=O) groups is 1. The summed E-state index contributed by atoms with van der Waals surface area (Å²) in [5, 5.41) is 10.1. The first-order chi connectivity index (χ1) is 12.5. The van der Waals surface area contributed by atoms with Gasteiger partial charge in [0.05, 0.1) is 5.41 Å². The van der Waals surface area contributed by atoms with Crippen LogP contribution in [0.5, 0.6) is 0 Å². The van der Waals surface area contributed by atoms with Crippen LogP contribution in [0.15, 0.2) is 36.5 Å². The predicted octanol–water partition coefficient (Wildman–Crippen LogP) is 3.65. The third-order valence-corrected chi connectivity index (χ3v) is 5.20. The fraction of sp³-hybridized carbons (Fsp3) is 0.476. The number of carboxylic acid groups (broad SMARTS) is 1. The molecule has 1 atom stereocenters. The molecule has 2 aromatic rings. The molecule has 2 heterocycles. The lowest BCUT2D eigenvalue weighted by atomic mass is 9.75. The van der Waals surface area contributed by atoms with Crippen LogP contribution in [0.4, 0.5) is 5.82 Å². The normalized spacial score (nSPS) is 20.2. The van der Waals surface area contributed by atoms with Gasteiger partial charge in [0.2, 0.25) is 0 Å². The standard InChI is InChI=1S/C21H27N3O2/c1-3-8-18-14-22-16(2)23-19(18)24-12-7-11-21(15-24,20(25)26)13-17-9-5-4-6-10-17/h4-6,9-10,14H,3,7-8,11-13,15H2,1-2H3,(H,25,26). The third-order valence-electron chi connectivity index (χ3n) is 5.20. The zero-order chi connectivity index (χ0) is 18.6. The second-order valence-corrected chi connectivity index (χ2v) is 7.29. The maximum Gasteiger partial charge on any atom is 0.311 e. The van der Waals surface area contributed by atoms with E-state index in [9.17, 15) is 9.90 Å². The predicted molar refractivity (Wildman–Crippen MR) is 102 cm³/mol. The van der Waals surface area contributed by atoms with Crippen molar-refractivity contribution in [2.24, 2.45) is 5.41 Å². The number of aliphatic carboxylic acids is 1. The minimum atomic E-state index is -0.776. The van der Waals surface area contributed by atoms with Crippen LogP contribution in [0.25, 0.3) is 0 Å². The number of aromatic nitrogens is 2. The molecular formula is C21H27N3O2. The molecule has 1 saturated heterocycles. The quantitative estimate of drug-likeness (QED) is 0.859. The summed E-state index contributed by atoms with van der Waals surface area (Å²) in [5.41, 5.74) is 1.41. The number of aryl methyl sites for hydroxylation is 2. The van der Waals surface area contributed by atoms with Crippen molar-refractivity contribution in [3.63, 3.8) is 0 Å². The molecule has 5 nitrogen and oxygen atoms in total. The SMILES string of the molecule is CCCc1cnc(C)nc1N1CCCC(Cc2ccccc2)(C(=O)O)C1. The highest BCUT2D eigenvalue weighted by Crippen LogP contribution is 2.36. The molecule has 26 heavy (non-hydrogen) atoms. The van der Waals surface area contributed by atoms with Crippen LogP contribution in [0.3, 0.4) is 0 Å². The van der Waals surface area contributed by atoms with Crippen molar-refractivity contribution in [2.75, 3.05) is 18.0 Å². The Labute approximate surface area is 155 Å². The molecule has 1 fully saturated rings. The molecule has 0 spiro atoms. The minimum Gasteiger partial charge on any atom is -0.481 e. The highest BCUT2D eigenvalue weighted by molar-refractivity contribution is 5.76. The lowest BCUT2D eigenvalue weighted by Crippen LogP contribution is -2.49. The maximum absolute atomic E-state index is 12.3. The van der Waals surface area contributed by atoms with Crippen LogP contribution in [0.1, 0.15) is 43.1 Å². The van der Waals surface area contributed by atoms with E-state index in [0.29, 0.717) is 19.4 Å². The highest BCUT2D eigenvalue weighted by Gasteiger charge is 2.43. The van der Waals surface area contributed by atoms with Crippen LogP contribution >= 0.6 is 0 Å². The summed E-state index contributed by atoms with van der Waals surface area (Å²) in [5.74, 6) is 0.932. The van der Waals surface area contributed by atoms with Gasteiger partial charge in [-0.05, 0) is 38.2 Å². The van der Waals surface area contributed by atoms with E-state index in [1.54, 1.807) is 0 Å². The summed E-state index contributed by atoms with van der Waals surface area (Å²) in [6, 6.07) is 9.93. The molecule has 0 amide bonds. The van der Waals surface area contributed by atoms with Gasteiger partial charge >= 0.3 is 5.97 Å². The number of hydrogen-bond donors (Lipinski definition) is 1. The Morgan fingerprint density at radius 1 is 1.31 bits per heavy atom. The van der Waals surface area contributed by atoms with Crippen molar-refractivity contribution >= 4 is 11.8 Å². The molecule has 0 aliphatic carbocycles. The van der Waals surface area contributed by atoms with E-state index in [0.717, 1.165) is 48.6 Å². The average molecular weight is 353 g/mol. The van der Waals surface area contributed by atoms with Gasteiger partial charge in [0.15, 0.2) is 0 Å². The average Bonchev–Trinajstić information content (AvgIpc) is 2.64. The van der Waals surface area contributed by atoms with E-state index in [1.165, 1.54) is 0 Å².